The lowest BCUT2D eigenvalue weighted by Crippen LogP contribution is -1.87. The van der Waals surface area contributed by atoms with Crippen molar-refractivity contribution < 1.29 is 4.92 Å². The Bertz CT molecular complexity index is 1410. The molecule has 1 aromatic heterocycles. The van der Waals surface area contributed by atoms with Crippen LogP contribution in [-0.2, 0) is 5.88 Å². The highest BCUT2D eigenvalue weighted by Gasteiger charge is 2.14. The first-order valence-electron chi connectivity index (χ1n) is 9.50. The van der Waals surface area contributed by atoms with Gasteiger partial charge in [-0.15, -0.1) is 22.9 Å². The van der Waals surface area contributed by atoms with Gasteiger partial charge in [0, 0.05) is 33.0 Å². The SMILES string of the molecule is O=[N+]([O-])c1ccc(-c2cc3ccc4cccc(-c5ccccc5CCl)c4c3s2)cc1. The van der Waals surface area contributed by atoms with Gasteiger partial charge in [-0.25, -0.2) is 0 Å². The summed E-state index contributed by atoms with van der Waals surface area (Å²) in [6.07, 6.45) is 0. The molecule has 30 heavy (non-hydrogen) atoms. The Morgan fingerprint density at radius 1 is 0.833 bits per heavy atom. The van der Waals surface area contributed by atoms with Crippen molar-refractivity contribution >= 4 is 49.5 Å². The molecule has 0 fully saturated rings. The van der Waals surface area contributed by atoms with Crippen LogP contribution in [-0.4, -0.2) is 4.92 Å². The Hall–Kier alpha value is -3.21. The quantitative estimate of drug-likeness (QED) is 0.165. The highest BCUT2D eigenvalue weighted by atomic mass is 35.5. The third-order valence-corrected chi connectivity index (χ3v) is 6.85. The van der Waals surface area contributed by atoms with Crippen molar-refractivity contribution in [2.45, 2.75) is 5.88 Å². The molecule has 0 unspecified atom stereocenters. The molecule has 0 aliphatic carbocycles. The number of nitro groups is 1. The summed E-state index contributed by atoms with van der Waals surface area (Å²) < 4.78 is 1.21. The fourth-order valence-corrected chi connectivity index (χ4v) is 5.35. The first-order valence-corrected chi connectivity index (χ1v) is 10.8. The number of nitrogens with zero attached hydrogens (tertiary/aromatic N) is 1. The number of rotatable bonds is 4. The number of fused-ring (bicyclic) bond motifs is 3. The maximum atomic E-state index is 11.0. The monoisotopic (exact) mass is 429 g/mol. The summed E-state index contributed by atoms with van der Waals surface area (Å²) in [7, 11) is 0. The summed E-state index contributed by atoms with van der Waals surface area (Å²) in [5, 5.41) is 14.5. The number of hydrogen-bond donors (Lipinski definition) is 0. The van der Waals surface area contributed by atoms with Crippen molar-refractivity contribution in [2.75, 3.05) is 0 Å². The number of hydrogen-bond acceptors (Lipinski definition) is 3. The Morgan fingerprint density at radius 3 is 2.33 bits per heavy atom. The van der Waals surface area contributed by atoms with Gasteiger partial charge in [0.15, 0.2) is 0 Å². The highest BCUT2D eigenvalue weighted by molar-refractivity contribution is 7.23. The van der Waals surface area contributed by atoms with Crippen LogP contribution in [0.1, 0.15) is 5.56 Å². The molecular weight excluding hydrogens is 414 g/mol. The second-order valence-electron chi connectivity index (χ2n) is 7.09. The van der Waals surface area contributed by atoms with E-state index in [2.05, 4.69) is 48.5 Å². The van der Waals surface area contributed by atoms with E-state index in [1.54, 1.807) is 23.5 Å². The van der Waals surface area contributed by atoms with Crippen LogP contribution in [0.25, 0.3) is 42.4 Å². The summed E-state index contributed by atoms with van der Waals surface area (Å²) >= 11 is 7.94. The molecule has 0 atom stereocenters. The minimum atomic E-state index is -0.372. The van der Waals surface area contributed by atoms with Crippen molar-refractivity contribution in [2.24, 2.45) is 0 Å². The lowest BCUT2D eigenvalue weighted by Gasteiger charge is -2.11. The van der Waals surface area contributed by atoms with Crippen LogP contribution in [0.3, 0.4) is 0 Å². The van der Waals surface area contributed by atoms with Crippen molar-refractivity contribution in [3.8, 4) is 21.6 Å². The smallest absolute Gasteiger partial charge is 0.258 e. The van der Waals surface area contributed by atoms with E-state index in [0.29, 0.717) is 5.88 Å². The molecule has 0 saturated heterocycles. The normalized spacial score (nSPS) is 11.2. The molecule has 0 bridgehead atoms. The van der Waals surface area contributed by atoms with Gasteiger partial charge in [-0.1, -0.05) is 54.6 Å². The molecule has 5 rings (SSSR count). The predicted molar refractivity (Wildman–Crippen MR) is 126 cm³/mol. The van der Waals surface area contributed by atoms with Crippen LogP contribution in [0.5, 0.6) is 0 Å². The molecule has 5 aromatic rings. The van der Waals surface area contributed by atoms with Crippen molar-refractivity contribution in [1.29, 1.82) is 0 Å². The topological polar surface area (TPSA) is 43.1 Å². The zero-order valence-corrected chi connectivity index (χ0v) is 17.4. The van der Waals surface area contributed by atoms with Gasteiger partial charge in [-0.05, 0) is 51.2 Å². The van der Waals surface area contributed by atoms with Crippen LogP contribution in [0.2, 0.25) is 0 Å². The van der Waals surface area contributed by atoms with Crippen molar-refractivity contribution in [3.05, 3.63) is 101 Å². The molecule has 146 valence electrons. The van der Waals surface area contributed by atoms with Gasteiger partial charge in [0.05, 0.1) is 4.92 Å². The molecule has 5 heteroatoms. The van der Waals surface area contributed by atoms with Gasteiger partial charge in [0.25, 0.3) is 5.69 Å². The Morgan fingerprint density at radius 2 is 1.57 bits per heavy atom. The first-order chi connectivity index (χ1) is 14.7. The summed E-state index contributed by atoms with van der Waals surface area (Å²) in [6.45, 7) is 0. The molecule has 0 amide bonds. The number of alkyl halides is 1. The van der Waals surface area contributed by atoms with E-state index in [1.807, 2.05) is 24.3 Å². The van der Waals surface area contributed by atoms with Crippen LogP contribution in [0, 0.1) is 10.1 Å². The minimum absolute atomic E-state index is 0.102. The van der Waals surface area contributed by atoms with Crippen LogP contribution >= 0.6 is 22.9 Å². The van der Waals surface area contributed by atoms with Crippen molar-refractivity contribution in [3.63, 3.8) is 0 Å². The molecule has 3 nitrogen and oxygen atoms in total. The van der Waals surface area contributed by atoms with Gasteiger partial charge < -0.3 is 0 Å². The first kappa shape index (κ1) is 18.8. The largest absolute Gasteiger partial charge is 0.269 e. The van der Waals surface area contributed by atoms with Crippen LogP contribution in [0.4, 0.5) is 5.69 Å². The maximum absolute atomic E-state index is 11.0. The molecule has 0 radical (unpaired) electrons. The standard InChI is InChI=1S/C25H16ClNO2S/c26-15-19-4-1-2-6-21(19)22-7-3-5-17-8-9-18-14-23(30-25(18)24(17)22)16-10-12-20(13-11-16)27(28)29/h1-14H,15H2. The number of benzene rings is 4. The van der Waals surface area contributed by atoms with E-state index in [4.69, 9.17) is 11.6 Å². The number of nitro benzene ring substituents is 1. The van der Waals surface area contributed by atoms with E-state index >= 15 is 0 Å². The van der Waals surface area contributed by atoms with E-state index < -0.39 is 0 Å². The maximum Gasteiger partial charge on any atom is 0.269 e. The molecule has 1 heterocycles. The minimum Gasteiger partial charge on any atom is -0.258 e. The van der Waals surface area contributed by atoms with E-state index in [1.165, 1.54) is 21.0 Å². The van der Waals surface area contributed by atoms with E-state index in [9.17, 15) is 10.1 Å². The number of halogens is 1. The summed E-state index contributed by atoms with van der Waals surface area (Å²) in [4.78, 5) is 11.7. The predicted octanol–water partition coefficient (Wildman–Crippen LogP) is 8.04. The third-order valence-electron chi connectivity index (χ3n) is 5.34. The van der Waals surface area contributed by atoms with E-state index in [0.717, 1.165) is 27.0 Å². The average Bonchev–Trinajstić information content (AvgIpc) is 3.23. The van der Waals surface area contributed by atoms with Crippen molar-refractivity contribution in [1.82, 2.24) is 0 Å². The Labute approximate surface area is 182 Å². The molecule has 0 aliphatic heterocycles. The molecule has 0 saturated carbocycles. The molecule has 0 N–H and O–H groups in total. The Balaban J connectivity index is 1.74. The van der Waals surface area contributed by atoms with Gasteiger partial charge in [0.1, 0.15) is 0 Å². The number of thiophene rings is 1. The average molecular weight is 430 g/mol. The molecule has 0 aliphatic rings. The lowest BCUT2D eigenvalue weighted by molar-refractivity contribution is -0.384. The summed E-state index contributed by atoms with van der Waals surface area (Å²) in [6, 6.07) is 27.8. The zero-order chi connectivity index (χ0) is 20.7. The van der Waals surface area contributed by atoms with Gasteiger partial charge in [-0.3, -0.25) is 10.1 Å². The fourth-order valence-electron chi connectivity index (χ4n) is 3.88. The van der Waals surface area contributed by atoms with Gasteiger partial charge in [0.2, 0.25) is 0 Å². The summed E-state index contributed by atoms with van der Waals surface area (Å²) in [5.74, 6) is 0.459. The molecule has 4 aromatic carbocycles. The summed E-state index contributed by atoms with van der Waals surface area (Å²) in [5.41, 5.74) is 4.51. The molecule has 0 spiro atoms. The second kappa shape index (κ2) is 7.56. The second-order valence-corrected chi connectivity index (χ2v) is 8.41. The molecular formula is C25H16ClNO2S. The van der Waals surface area contributed by atoms with Gasteiger partial charge in [-0.2, -0.15) is 0 Å². The Kier molecular flexibility index (Phi) is 4.74. The lowest BCUT2D eigenvalue weighted by atomic mass is 9.94. The van der Waals surface area contributed by atoms with Gasteiger partial charge >= 0.3 is 0 Å². The highest BCUT2D eigenvalue weighted by Crippen LogP contribution is 2.42. The third kappa shape index (κ3) is 3.15. The van der Waals surface area contributed by atoms with Crippen LogP contribution in [0.15, 0.2) is 84.9 Å². The number of non-ortho nitro benzene ring substituents is 1. The fraction of sp³-hybridized carbons (Fsp3) is 0.0400. The zero-order valence-electron chi connectivity index (χ0n) is 15.8. The van der Waals surface area contributed by atoms with Crippen LogP contribution < -0.4 is 0 Å². The van der Waals surface area contributed by atoms with E-state index in [-0.39, 0.29) is 10.6 Å².